The van der Waals surface area contributed by atoms with Gasteiger partial charge in [-0.05, 0) is 11.6 Å². The molecule has 0 bridgehead atoms. The fraction of sp³-hybridized carbons (Fsp3) is 1.00. The van der Waals surface area contributed by atoms with Crippen LogP contribution < -0.4 is 0 Å². The van der Waals surface area contributed by atoms with Gasteiger partial charge >= 0.3 is 9.38 Å². The van der Waals surface area contributed by atoms with E-state index in [0.717, 1.165) is 0 Å². The van der Waals surface area contributed by atoms with Gasteiger partial charge in [0.25, 0.3) is 0 Å². The van der Waals surface area contributed by atoms with E-state index in [1.807, 2.05) is 15.9 Å². The Hall–Kier alpha value is 0.900. The van der Waals surface area contributed by atoms with E-state index in [-0.39, 0.29) is 0 Å². The molecule has 0 radical (unpaired) electrons. The lowest BCUT2D eigenvalue weighted by Crippen LogP contribution is -1.88. The molecule has 0 fully saturated rings. The molecule has 0 heterocycles. The topological polar surface area (TPSA) is 0 Å². The molecular formula is C2Br2ClF5. The number of halogens is 8. The number of hydrogen-bond donors (Lipinski definition) is 0. The van der Waals surface area contributed by atoms with Crippen LogP contribution in [0.2, 0.25) is 0 Å². The van der Waals surface area contributed by atoms with Crippen molar-refractivity contribution >= 4 is 43.5 Å². The van der Waals surface area contributed by atoms with Crippen LogP contribution in [0.15, 0.2) is 0 Å². The summed E-state index contributed by atoms with van der Waals surface area (Å²) >= 11 is 7.30. The van der Waals surface area contributed by atoms with Gasteiger partial charge in [0, 0.05) is 31.9 Å². The highest BCUT2D eigenvalue weighted by Gasteiger charge is 2.19. The molecule has 0 saturated heterocycles. The number of alkyl halides is 8. The Bertz CT molecular complexity index is 60.6. The Kier molecular flexibility index (Phi) is 6.36. The predicted octanol–water partition coefficient (Wildman–Crippen LogP) is 4.07. The minimum Gasteiger partial charge on any atom is -0.177 e. The second-order valence-electron chi connectivity index (χ2n) is 0.857. The van der Waals surface area contributed by atoms with Gasteiger partial charge in [0.05, 0.1) is 0 Å². The van der Waals surface area contributed by atoms with Crippen molar-refractivity contribution in [2.24, 2.45) is 0 Å². The van der Waals surface area contributed by atoms with Crippen molar-refractivity contribution in [1.29, 1.82) is 0 Å². The zero-order chi connectivity index (χ0) is 9.00. The van der Waals surface area contributed by atoms with E-state index in [1.165, 1.54) is 15.9 Å². The second-order valence-corrected chi connectivity index (χ2v) is 3.68. The van der Waals surface area contributed by atoms with E-state index in [2.05, 4.69) is 11.6 Å². The Labute approximate surface area is 75.0 Å². The van der Waals surface area contributed by atoms with Gasteiger partial charge in [-0.1, -0.05) is 0 Å². The molecule has 0 aromatic heterocycles. The SMILES string of the molecule is FC(F)(Cl)Br.FC(F)(F)Br. The van der Waals surface area contributed by atoms with Crippen LogP contribution in [0.4, 0.5) is 22.0 Å². The normalized spacial score (nSPS) is 12.0. The molecule has 0 aliphatic rings. The first-order valence-corrected chi connectivity index (χ1v) is 3.48. The van der Waals surface area contributed by atoms with Gasteiger partial charge in [0.1, 0.15) is 0 Å². The van der Waals surface area contributed by atoms with Gasteiger partial charge in [-0.2, -0.15) is 22.0 Å². The van der Waals surface area contributed by atoms with Crippen molar-refractivity contribution in [1.82, 2.24) is 0 Å². The number of hydrogen-bond acceptors (Lipinski definition) is 0. The Morgan fingerprint density at radius 1 is 0.900 bits per heavy atom. The second kappa shape index (κ2) is 4.71. The summed E-state index contributed by atoms with van der Waals surface area (Å²) in [5.41, 5.74) is 0. The van der Waals surface area contributed by atoms with Gasteiger partial charge in [0.2, 0.25) is 0 Å². The van der Waals surface area contributed by atoms with E-state index < -0.39 is 9.38 Å². The maximum atomic E-state index is 10.7. The molecule has 0 saturated carbocycles. The van der Waals surface area contributed by atoms with Crippen LogP contribution in [0.25, 0.3) is 0 Å². The zero-order valence-electron chi connectivity index (χ0n) is 4.02. The highest BCUT2D eigenvalue weighted by molar-refractivity contribution is 9.10. The van der Waals surface area contributed by atoms with Crippen LogP contribution in [0, 0.1) is 0 Å². The third kappa shape index (κ3) is 686. The van der Waals surface area contributed by atoms with E-state index >= 15 is 0 Å². The van der Waals surface area contributed by atoms with Crippen LogP contribution in [-0.2, 0) is 0 Å². The fourth-order valence-corrected chi connectivity index (χ4v) is 0. The first kappa shape index (κ1) is 13.5. The summed E-state index contributed by atoms with van der Waals surface area (Å²) in [6, 6.07) is 0. The Morgan fingerprint density at radius 3 is 0.900 bits per heavy atom. The molecule has 0 aliphatic heterocycles. The fourth-order valence-electron chi connectivity index (χ4n) is 0. The first-order valence-electron chi connectivity index (χ1n) is 1.51. The molecule has 0 aromatic carbocycles. The van der Waals surface area contributed by atoms with Crippen LogP contribution in [0.5, 0.6) is 0 Å². The molecule has 0 N–H and O–H groups in total. The zero-order valence-corrected chi connectivity index (χ0v) is 7.95. The van der Waals surface area contributed by atoms with Crippen LogP contribution >= 0.6 is 43.5 Å². The maximum absolute atomic E-state index is 10.7. The average Bonchev–Trinajstić information content (AvgIpc) is 1.12. The first-order chi connectivity index (χ1) is 4.00. The summed E-state index contributed by atoms with van der Waals surface area (Å²) in [7, 11) is 0. The third-order valence-electron chi connectivity index (χ3n) is 0. The third-order valence-corrected chi connectivity index (χ3v) is 0. The summed E-state index contributed by atoms with van der Waals surface area (Å²) in [4.78, 5) is 0. The molecule has 0 nitrogen and oxygen atoms in total. The van der Waals surface area contributed by atoms with Gasteiger partial charge in [-0.25, -0.2) is 0 Å². The van der Waals surface area contributed by atoms with E-state index in [0.29, 0.717) is 0 Å². The summed E-state index contributed by atoms with van der Waals surface area (Å²) < 4.78 is 49.0. The monoisotopic (exact) mass is 312 g/mol. The molecule has 0 amide bonds. The highest BCUT2D eigenvalue weighted by atomic mass is 79.9. The smallest absolute Gasteiger partial charge is 0.177 e. The Balaban J connectivity index is 0. The molecule has 8 heteroatoms. The van der Waals surface area contributed by atoms with Crippen molar-refractivity contribution < 1.29 is 22.0 Å². The molecule has 0 rings (SSSR count). The van der Waals surface area contributed by atoms with E-state index in [1.54, 1.807) is 0 Å². The molecule has 0 aliphatic carbocycles. The summed E-state index contributed by atoms with van der Waals surface area (Å²) in [6.45, 7) is 0. The quantitative estimate of drug-likeness (QED) is 0.467. The van der Waals surface area contributed by atoms with Crippen molar-refractivity contribution in [2.75, 3.05) is 0 Å². The summed E-state index contributed by atoms with van der Waals surface area (Å²) in [5.74, 6) is 0. The lowest BCUT2D eigenvalue weighted by Gasteiger charge is -1.87. The van der Waals surface area contributed by atoms with Crippen molar-refractivity contribution in [2.45, 2.75) is 9.38 Å². The molecule has 0 atom stereocenters. The van der Waals surface area contributed by atoms with Gasteiger partial charge in [-0.15, -0.1) is 0 Å². The van der Waals surface area contributed by atoms with Gasteiger partial charge in [-0.3, -0.25) is 0 Å². The lowest BCUT2D eigenvalue weighted by molar-refractivity contribution is -0.0245. The van der Waals surface area contributed by atoms with E-state index in [9.17, 15) is 22.0 Å². The van der Waals surface area contributed by atoms with Crippen molar-refractivity contribution in [3.05, 3.63) is 0 Å². The highest BCUT2D eigenvalue weighted by Crippen LogP contribution is 2.25. The summed E-state index contributed by atoms with van der Waals surface area (Å²) in [6.07, 6.45) is 0. The molecule has 0 spiro atoms. The average molecular weight is 314 g/mol. The minimum atomic E-state index is -4.19. The van der Waals surface area contributed by atoms with Crippen molar-refractivity contribution in [3.8, 4) is 0 Å². The van der Waals surface area contributed by atoms with Gasteiger partial charge in [0.15, 0.2) is 0 Å². The Morgan fingerprint density at radius 2 is 0.900 bits per heavy atom. The molecule has 10 heavy (non-hydrogen) atoms. The van der Waals surface area contributed by atoms with Crippen LogP contribution in [0.3, 0.4) is 0 Å². The summed E-state index contributed by atoms with van der Waals surface area (Å²) in [5, 5.41) is -4.19. The lowest BCUT2D eigenvalue weighted by atomic mass is 11.6. The standard InChI is InChI=1S/CBrClF2.CBrF3/c2*2-1(3,4)5. The minimum absolute atomic E-state index is 1.38. The molecule has 0 unspecified atom stereocenters. The van der Waals surface area contributed by atoms with Crippen molar-refractivity contribution in [3.63, 3.8) is 0 Å². The predicted molar refractivity (Wildman–Crippen MR) is 34.7 cm³/mol. The number of rotatable bonds is 0. The van der Waals surface area contributed by atoms with Crippen LogP contribution in [-0.4, -0.2) is 9.38 Å². The largest absolute Gasteiger partial charge is 0.448 e. The molecule has 0 aromatic rings. The van der Waals surface area contributed by atoms with Gasteiger partial charge < -0.3 is 0 Å². The molecular weight excluding hydrogens is 314 g/mol. The molecule has 64 valence electrons. The maximum Gasteiger partial charge on any atom is 0.448 e. The van der Waals surface area contributed by atoms with E-state index in [4.69, 9.17) is 0 Å². The van der Waals surface area contributed by atoms with Crippen LogP contribution in [0.1, 0.15) is 0 Å².